The van der Waals surface area contributed by atoms with E-state index in [0.717, 1.165) is 42.4 Å². The topological polar surface area (TPSA) is 210 Å². The fourth-order valence-electron chi connectivity index (χ4n) is 8.53. The molecule has 5 atom stereocenters. The van der Waals surface area contributed by atoms with Gasteiger partial charge in [0, 0.05) is 25.4 Å². The van der Waals surface area contributed by atoms with E-state index in [0.29, 0.717) is 18.7 Å². The number of benzene rings is 2. The zero-order valence-corrected chi connectivity index (χ0v) is 34.6. The van der Waals surface area contributed by atoms with Gasteiger partial charge in [0.25, 0.3) is 15.9 Å². The van der Waals surface area contributed by atoms with Crippen molar-refractivity contribution >= 4 is 52.5 Å². The van der Waals surface area contributed by atoms with E-state index in [9.17, 15) is 37.4 Å². The smallest absolute Gasteiger partial charge is 0.449 e. The lowest BCUT2D eigenvalue weighted by Crippen LogP contribution is -2.59. The molecule has 5 amide bonds. The van der Waals surface area contributed by atoms with Gasteiger partial charge in [-0.05, 0) is 76.9 Å². The molecule has 59 heavy (non-hydrogen) atoms. The number of nitrogens with one attached hydrogen (secondary N) is 3. The van der Waals surface area contributed by atoms with Crippen LogP contribution in [0.1, 0.15) is 82.1 Å². The Balaban J connectivity index is 1.14. The second kappa shape index (κ2) is 16.3. The number of fused-ring (bicyclic) bond motifs is 4. The Hall–Kier alpha value is -4.94. The minimum absolute atomic E-state index is 0.0231. The number of cyclic esters (lactones) is 1. The first-order valence-corrected chi connectivity index (χ1v) is 21.6. The number of nitrogens with zero attached hydrogens (tertiary/aromatic N) is 2. The standard InChI is InChI=1S/C41H52BN5O11S/c1-6-28-18-41(28,37(50)45-59(54,55)30-14-13-27-22-57-42(53)32(27)17-30)44-35(48)33-16-29-20-47(33)36(49)34(24(2)3)43-38(51)56-23-40(4,5)15-8-7-10-25-11-9-12-26-19-46(21-31(25)26)39(52)58-29/h6,9,11-14,17,24,28-29,33-34,53H,1,7-8,10,15-16,18-23H2,2-5H3,(H,43,51)(H,44,48)(H,45,50)/t28-,29-,33+,34+,41-/m1/s1. The van der Waals surface area contributed by atoms with Crippen molar-refractivity contribution in [2.75, 3.05) is 13.2 Å². The first-order chi connectivity index (χ1) is 27.9. The summed E-state index contributed by atoms with van der Waals surface area (Å²) in [5.41, 5.74) is 2.04. The number of rotatable bonds is 7. The molecule has 4 heterocycles. The summed E-state index contributed by atoms with van der Waals surface area (Å²) >= 11 is 0. The van der Waals surface area contributed by atoms with Gasteiger partial charge in [0.15, 0.2) is 0 Å². The van der Waals surface area contributed by atoms with Crippen molar-refractivity contribution in [1.29, 1.82) is 0 Å². The van der Waals surface area contributed by atoms with Gasteiger partial charge in [-0.15, -0.1) is 6.58 Å². The lowest BCUT2D eigenvalue weighted by molar-refractivity contribution is -0.141. The molecule has 0 spiro atoms. The van der Waals surface area contributed by atoms with E-state index in [1.54, 1.807) is 18.7 Å². The van der Waals surface area contributed by atoms with Gasteiger partial charge in [0.2, 0.25) is 11.8 Å². The molecule has 0 unspecified atom stereocenters. The molecular formula is C41H52BN5O11S. The number of alkyl carbamates (subject to hydrolysis) is 1. The van der Waals surface area contributed by atoms with E-state index in [2.05, 4.69) is 28.0 Å². The third kappa shape index (κ3) is 8.71. The Morgan fingerprint density at radius 3 is 2.58 bits per heavy atom. The normalized spacial score (nSPS) is 27.0. The second-order valence-corrected chi connectivity index (χ2v) is 19.1. The van der Waals surface area contributed by atoms with Crippen LogP contribution in [-0.2, 0) is 64.7 Å². The summed E-state index contributed by atoms with van der Waals surface area (Å²) in [6, 6.07) is 7.63. The van der Waals surface area contributed by atoms with Crippen LogP contribution in [0.2, 0.25) is 0 Å². The van der Waals surface area contributed by atoms with Crippen molar-refractivity contribution in [2.24, 2.45) is 17.3 Å². The highest BCUT2D eigenvalue weighted by molar-refractivity contribution is 7.90. The second-order valence-electron chi connectivity index (χ2n) is 17.4. The van der Waals surface area contributed by atoms with E-state index >= 15 is 0 Å². The maximum Gasteiger partial charge on any atom is 0.491 e. The average Bonchev–Trinajstić information content (AvgIpc) is 3.47. The number of carbonyl (C=O) groups is 5. The summed E-state index contributed by atoms with van der Waals surface area (Å²) in [4.78, 5) is 72.2. The van der Waals surface area contributed by atoms with Crippen LogP contribution in [0.3, 0.4) is 0 Å². The van der Waals surface area contributed by atoms with Crippen LogP contribution in [0.5, 0.6) is 0 Å². The molecule has 1 saturated carbocycles. The molecule has 2 aromatic carbocycles. The lowest BCUT2D eigenvalue weighted by atomic mass is 9.80. The van der Waals surface area contributed by atoms with Crippen LogP contribution in [-0.4, -0.2) is 97.1 Å². The Morgan fingerprint density at radius 1 is 1.08 bits per heavy atom. The Kier molecular flexibility index (Phi) is 11.6. The van der Waals surface area contributed by atoms with Gasteiger partial charge >= 0.3 is 19.3 Å². The van der Waals surface area contributed by atoms with Gasteiger partial charge in [0.05, 0.1) is 24.7 Å². The monoisotopic (exact) mass is 833 g/mol. The molecule has 0 aromatic heterocycles. The number of sulfonamides is 1. The molecule has 1 aliphatic carbocycles. The van der Waals surface area contributed by atoms with Crippen molar-refractivity contribution in [3.05, 3.63) is 71.3 Å². The molecule has 7 rings (SSSR count). The predicted molar refractivity (Wildman–Crippen MR) is 214 cm³/mol. The Labute approximate surface area is 344 Å². The quantitative estimate of drug-likeness (QED) is 0.235. The van der Waals surface area contributed by atoms with E-state index < -0.39 is 82.6 Å². The predicted octanol–water partition coefficient (Wildman–Crippen LogP) is 2.40. The molecule has 0 radical (unpaired) electrons. The fraction of sp³-hybridized carbons (Fsp3) is 0.537. The zero-order valence-electron chi connectivity index (χ0n) is 33.8. The molecular weight excluding hydrogens is 781 g/mol. The van der Waals surface area contributed by atoms with Crippen LogP contribution >= 0.6 is 0 Å². The summed E-state index contributed by atoms with van der Waals surface area (Å²) in [5.74, 6) is -3.53. The average molecular weight is 834 g/mol. The molecule has 16 nitrogen and oxygen atoms in total. The maximum atomic E-state index is 14.4. The number of amides is 5. The van der Waals surface area contributed by atoms with E-state index in [4.69, 9.17) is 14.1 Å². The summed E-state index contributed by atoms with van der Waals surface area (Å²) in [6.45, 7) is 12.0. The molecule has 1 saturated heterocycles. The van der Waals surface area contributed by atoms with E-state index in [1.165, 1.54) is 29.2 Å². The molecule has 4 aliphatic heterocycles. The summed E-state index contributed by atoms with van der Waals surface area (Å²) in [5, 5.41) is 15.5. The van der Waals surface area contributed by atoms with Gasteiger partial charge in [0.1, 0.15) is 23.7 Å². The van der Waals surface area contributed by atoms with Crippen LogP contribution < -0.4 is 20.8 Å². The van der Waals surface area contributed by atoms with Gasteiger partial charge < -0.3 is 34.7 Å². The highest BCUT2D eigenvalue weighted by Crippen LogP contribution is 2.45. The van der Waals surface area contributed by atoms with E-state index in [-0.39, 0.29) is 48.4 Å². The highest BCUT2D eigenvalue weighted by Gasteiger charge is 2.61. The summed E-state index contributed by atoms with van der Waals surface area (Å²) in [6.07, 6.45) is 2.40. The molecule has 2 fully saturated rings. The largest absolute Gasteiger partial charge is 0.491 e. The van der Waals surface area contributed by atoms with E-state index in [1.807, 2.05) is 26.0 Å². The van der Waals surface area contributed by atoms with Crippen LogP contribution in [0.15, 0.2) is 53.9 Å². The van der Waals surface area contributed by atoms with Gasteiger partial charge in [-0.1, -0.05) is 64.5 Å². The first kappa shape index (κ1) is 42.2. The number of hydrogen-bond donors (Lipinski definition) is 4. The fourth-order valence-corrected chi connectivity index (χ4v) is 9.60. The molecule has 4 N–H and O–H groups in total. The van der Waals surface area contributed by atoms with Crippen LogP contribution in [0, 0.1) is 17.3 Å². The number of ether oxygens (including phenoxy) is 2. The number of hydrogen-bond acceptors (Lipinski definition) is 11. The van der Waals surface area contributed by atoms with Gasteiger partial charge in [-0.25, -0.2) is 22.7 Å². The third-order valence-corrected chi connectivity index (χ3v) is 13.5. The minimum Gasteiger partial charge on any atom is -0.449 e. The Bertz CT molecular complexity index is 2170. The lowest BCUT2D eigenvalue weighted by Gasteiger charge is -2.31. The maximum absolute atomic E-state index is 14.4. The minimum atomic E-state index is -4.49. The van der Waals surface area contributed by atoms with Crippen molar-refractivity contribution in [2.45, 2.75) is 115 Å². The summed E-state index contributed by atoms with van der Waals surface area (Å²) in [7, 11) is -5.81. The number of carbonyl (C=O) groups excluding carboxylic acids is 5. The molecule has 18 heteroatoms. The number of aryl methyl sites for hydroxylation is 1. The Morgan fingerprint density at radius 2 is 1.85 bits per heavy atom. The molecule has 5 aliphatic rings. The third-order valence-electron chi connectivity index (χ3n) is 12.2. The highest BCUT2D eigenvalue weighted by atomic mass is 32.2. The van der Waals surface area contributed by atoms with Crippen molar-refractivity contribution in [3.8, 4) is 0 Å². The molecule has 2 aromatic rings. The molecule has 4 bridgehead atoms. The van der Waals surface area contributed by atoms with Crippen LogP contribution in [0.25, 0.3) is 0 Å². The van der Waals surface area contributed by atoms with Crippen molar-refractivity contribution in [1.82, 2.24) is 25.2 Å². The van der Waals surface area contributed by atoms with Crippen molar-refractivity contribution in [3.63, 3.8) is 0 Å². The SMILES string of the molecule is C=C[C@@H]1C[C@]1(NC(=O)[C@@H]1C[C@@H]2CN1C(=O)[C@H](C(C)C)NC(=O)OCC(C)(C)CCCCc1cccc3c1CN(C3)C(=O)O2)C(=O)NS(=O)(=O)c1ccc2c(c1)B(O)OC2. The van der Waals surface area contributed by atoms with Gasteiger partial charge in [-0.2, -0.15) is 0 Å². The summed E-state index contributed by atoms with van der Waals surface area (Å²) < 4.78 is 45.8. The molecule has 316 valence electrons. The van der Waals surface area contributed by atoms with Crippen LogP contribution in [0.4, 0.5) is 9.59 Å². The van der Waals surface area contributed by atoms with Gasteiger partial charge in [-0.3, -0.25) is 19.3 Å². The van der Waals surface area contributed by atoms with Crippen molar-refractivity contribution < 1.29 is 51.5 Å². The first-order valence-electron chi connectivity index (χ1n) is 20.1. The zero-order chi connectivity index (χ0) is 42.4.